The van der Waals surface area contributed by atoms with Crippen LogP contribution in [-0.2, 0) is 6.42 Å². The van der Waals surface area contributed by atoms with E-state index in [2.05, 4.69) is 24.2 Å². The fraction of sp³-hybridized carbons (Fsp3) is 0.727. The summed E-state index contributed by atoms with van der Waals surface area (Å²) in [6, 6.07) is 0. The molecular weight excluding hydrogens is 214 g/mol. The van der Waals surface area contributed by atoms with Gasteiger partial charge in [-0.15, -0.1) is 22.9 Å². The predicted molar refractivity (Wildman–Crippen MR) is 62.1 cm³/mol. The predicted octanol–water partition coefficient (Wildman–Crippen LogP) is 3.65. The van der Waals surface area contributed by atoms with Gasteiger partial charge in [-0.3, -0.25) is 0 Å². The van der Waals surface area contributed by atoms with Crippen molar-refractivity contribution >= 4 is 22.9 Å². The smallest absolute Gasteiger partial charge is 0.0897 e. The summed E-state index contributed by atoms with van der Waals surface area (Å²) in [6.07, 6.45) is 3.75. The second-order valence-corrected chi connectivity index (χ2v) is 5.93. The number of hydrogen-bond acceptors (Lipinski definition) is 2. The van der Waals surface area contributed by atoms with E-state index >= 15 is 0 Å². The summed E-state index contributed by atoms with van der Waals surface area (Å²) in [5.74, 6) is 1.59. The number of aryl methyl sites for hydroxylation is 1. The Bertz CT molecular complexity index is 319. The highest BCUT2D eigenvalue weighted by molar-refractivity contribution is 7.09. The molecule has 0 saturated heterocycles. The zero-order valence-corrected chi connectivity index (χ0v) is 10.3. The summed E-state index contributed by atoms with van der Waals surface area (Å²) in [4.78, 5) is 4.51. The second kappa shape index (κ2) is 3.82. The van der Waals surface area contributed by atoms with Gasteiger partial charge in [0.2, 0.25) is 0 Å². The minimum Gasteiger partial charge on any atom is -0.247 e. The van der Waals surface area contributed by atoms with Crippen LogP contribution in [0.15, 0.2) is 5.38 Å². The standard InChI is InChI=1S/C11H16ClNS/c1-8-13-10(6-14-8)5-11(2,7-12)9-3-4-9/h6,9H,3-5,7H2,1-2H3. The van der Waals surface area contributed by atoms with E-state index in [1.807, 2.05) is 0 Å². The van der Waals surface area contributed by atoms with Gasteiger partial charge < -0.3 is 0 Å². The lowest BCUT2D eigenvalue weighted by Gasteiger charge is -2.25. The molecule has 0 aromatic carbocycles. The van der Waals surface area contributed by atoms with E-state index in [1.165, 1.54) is 18.5 Å². The molecule has 1 aromatic rings. The first-order valence-electron chi connectivity index (χ1n) is 5.11. The zero-order valence-electron chi connectivity index (χ0n) is 8.72. The maximum absolute atomic E-state index is 6.08. The first-order valence-corrected chi connectivity index (χ1v) is 6.52. The van der Waals surface area contributed by atoms with Crippen molar-refractivity contribution in [3.8, 4) is 0 Å². The lowest BCUT2D eigenvalue weighted by Crippen LogP contribution is -2.24. The third-order valence-corrected chi connectivity index (χ3v) is 4.55. The van der Waals surface area contributed by atoms with Crippen LogP contribution in [0, 0.1) is 18.3 Å². The maximum Gasteiger partial charge on any atom is 0.0897 e. The summed E-state index contributed by atoms with van der Waals surface area (Å²) >= 11 is 7.81. The number of halogens is 1. The fourth-order valence-electron chi connectivity index (χ4n) is 1.98. The Morgan fingerprint density at radius 3 is 2.79 bits per heavy atom. The Kier molecular flexibility index (Phi) is 2.85. The van der Waals surface area contributed by atoms with Crippen molar-refractivity contribution in [2.45, 2.75) is 33.1 Å². The molecule has 0 aliphatic heterocycles. The lowest BCUT2D eigenvalue weighted by molar-refractivity contribution is 0.310. The number of aromatic nitrogens is 1. The van der Waals surface area contributed by atoms with Crippen LogP contribution >= 0.6 is 22.9 Å². The van der Waals surface area contributed by atoms with E-state index in [0.717, 1.165) is 23.2 Å². The molecule has 1 fully saturated rings. The van der Waals surface area contributed by atoms with Crippen LogP contribution in [0.3, 0.4) is 0 Å². The molecule has 14 heavy (non-hydrogen) atoms. The molecule has 0 bridgehead atoms. The summed E-state index contributed by atoms with van der Waals surface area (Å²) in [5, 5.41) is 3.33. The summed E-state index contributed by atoms with van der Waals surface area (Å²) < 4.78 is 0. The number of thiazole rings is 1. The van der Waals surface area contributed by atoms with Gasteiger partial charge in [0, 0.05) is 11.3 Å². The van der Waals surface area contributed by atoms with E-state index < -0.39 is 0 Å². The quantitative estimate of drug-likeness (QED) is 0.719. The Hall–Kier alpha value is -0.0800. The van der Waals surface area contributed by atoms with Crippen molar-refractivity contribution in [1.29, 1.82) is 0 Å². The van der Waals surface area contributed by atoms with Gasteiger partial charge in [-0.05, 0) is 37.5 Å². The van der Waals surface area contributed by atoms with E-state index in [1.54, 1.807) is 11.3 Å². The van der Waals surface area contributed by atoms with E-state index in [9.17, 15) is 0 Å². The molecule has 3 heteroatoms. The average Bonchev–Trinajstić information content (AvgIpc) is 2.93. The molecule has 0 N–H and O–H groups in total. The Morgan fingerprint density at radius 2 is 2.36 bits per heavy atom. The molecule has 0 radical (unpaired) electrons. The number of hydrogen-bond donors (Lipinski definition) is 0. The molecule has 1 saturated carbocycles. The molecule has 0 amide bonds. The SMILES string of the molecule is Cc1nc(CC(C)(CCl)C2CC2)cs1. The van der Waals surface area contributed by atoms with Crippen LogP contribution < -0.4 is 0 Å². The Labute approximate surface area is 94.5 Å². The van der Waals surface area contributed by atoms with Crippen LogP contribution in [0.2, 0.25) is 0 Å². The van der Waals surface area contributed by atoms with Gasteiger partial charge in [0.05, 0.1) is 10.7 Å². The highest BCUT2D eigenvalue weighted by atomic mass is 35.5. The molecule has 1 atom stereocenters. The van der Waals surface area contributed by atoms with E-state index in [0.29, 0.717) is 0 Å². The third kappa shape index (κ3) is 2.12. The molecule has 1 nitrogen and oxygen atoms in total. The minimum absolute atomic E-state index is 0.280. The van der Waals surface area contributed by atoms with Gasteiger partial charge in [0.25, 0.3) is 0 Å². The number of alkyl halides is 1. The summed E-state index contributed by atoms with van der Waals surface area (Å²) in [6.45, 7) is 4.36. The summed E-state index contributed by atoms with van der Waals surface area (Å²) in [7, 11) is 0. The van der Waals surface area contributed by atoms with Crippen LogP contribution in [0.5, 0.6) is 0 Å². The van der Waals surface area contributed by atoms with Crippen molar-refractivity contribution in [2.24, 2.45) is 11.3 Å². The van der Waals surface area contributed by atoms with Crippen LogP contribution in [0.4, 0.5) is 0 Å². The van der Waals surface area contributed by atoms with Gasteiger partial charge in [0.15, 0.2) is 0 Å². The van der Waals surface area contributed by atoms with Gasteiger partial charge >= 0.3 is 0 Å². The molecule has 1 aromatic heterocycles. The maximum atomic E-state index is 6.08. The molecular formula is C11H16ClNS. The largest absolute Gasteiger partial charge is 0.247 e. The molecule has 1 aliphatic carbocycles. The minimum atomic E-state index is 0.280. The van der Waals surface area contributed by atoms with Crippen molar-refractivity contribution in [1.82, 2.24) is 4.98 Å². The molecule has 0 spiro atoms. The number of nitrogens with zero attached hydrogens (tertiary/aromatic N) is 1. The van der Waals surface area contributed by atoms with Gasteiger partial charge in [-0.1, -0.05) is 6.92 Å². The molecule has 2 rings (SSSR count). The topological polar surface area (TPSA) is 12.9 Å². The van der Waals surface area contributed by atoms with Crippen molar-refractivity contribution in [2.75, 3.05) is 5.88 Å². The second-order valence-electron chi connectivity index (χ2n) is 4.60. The van der Waals surface area contributed by atoms with Gasteiger partial charge in [-0.2, -0.15) is 0 Å². The lowest BCUT2D eigenvalue weighted by atomic mass is 9.82. The van der Waals surface area contributed by atoms with Gasteiger partial charge in [0.1, 0.15) is 0 Å². The average molecular weight is 230 g/mol. The van der Waals surface area contributed by atoms with E-state index in [4.69, 9.17) is 11.6 Å². The zero-order chi connectivity index (χ0) is 10.2. The first kappa shape index (κ1) is 10.4. The molecule has 1 unspecified atom stereocenters. The van der Waals surface area contributed by atoms with E-state index in [-0.39, 0.29) is 5.41 Å². The third-order valence-electron chi connectivity index (χ3n) is 3.12. The van der Waals surface area contributed by atoms with Crippen molar-refractivity contribution in [3.05, 3.63) is 16.1 Å². The molecule has 1 aliphatic rings. The van der Waals surface area contributed by atoms with Crippen LogP contribution in [0.1, 0.15) is 30.5 Å². The molecule has 1 heterocycles. The highest BCUT2D eigenvalue weighted by Gasteiger charge is 2.41. The van der Waals surface area contributed by atoms with Gasteiger partial charge in [-0.25, -0.2) is 4.98 Å². The van der Waals surface area contributed by atoms with Crippen molar-refractivity contribution < 1.29 is 0 Å². The molecule has 78 valence electrons. The monoisotopic (exact) mass is 229 g/mol. The normalized spacial score (nSPS) is 20.8. The van der Waals surface area contributed by atoms with Crippen LogP contribution in [0.25, 0.3) is 0 Å². The fourth-order valence-corrected chi connectivity index (χ4v) is 2.91. The van der Waals surface area contributed by atoms with Crippen LogP contribution in [-0.4, -0.2) is 10.9 Å². The first-order chi connectivity index (χ1) is 6.64. The highest BCUT2D eigenvalue weighted by Crippen LogP contribution is 2.47. The summed E-state index contributed by atoms with van der Waals surface area (Å²) in [5.41, 5.74) is 1.50. The Balaban J connectivity index is 2.07. The van der Waals surface area contributed by atoms with Crippen molar-refractivity contribution in [3.63, 3.8) is 0 Å². The Morgan fingerprint density at radius 1 is 1.64 bits per heavy atom. The number of rotatable bonds is 4.